The Morgan fingerprint density at radius 1 is 1.16 bits per heavy atom. The third-order valence-electron chi connectivity index (χ3n) is 4.30. The fourth-order valence-electron chi connectivity index (χ4n) is 2.97. The minimum atomic E-state index is -3.73. The lowest BCUT2D eigenvalue weighted by atomic mass is 10.0. The minimum Gasteiger partial charge on any atom is -0.355 e. The van der Waals surface area contributed by atoms with Crippen LogP contribution in [0.5, 0.6) is 0 Å². The first-order valence-electron chi connectivity index (χ1n) is 7.99. The van der Waals surface area contributed by atoms with Crippen LogP contribution in [-0.4, -0.2) is 31.7 Å². The van der Waals surface area contributed by atoms with Crippen molar-refractivity contribution >= 4 is 31.9 Å². The van der Waals surface area contributed by atoms with E-state index in [1.165, 1.54) is 4.31 Å². The molecule has 0 unspecified atom stereocenters. The molecule has 7 heteroatoms. The number of benzene rings is 2. The average Bonchev–Trinajstić information content (AvgIpc) is 2.80. The van der Waals surface area contributed by atoms with Crippen LogP contribution in [0.1, 0.15) is 23.6 Å². The van der Waals surface area contributed by atoms with Crippen LogP contribution in [0.25, 0.3) is 0 Å². The van der Waals surface area contributed by atoms with Gasteiger partial charge in [0.1, 0.15) is 0 Å². The molecule has 0 aromatic heterocycles. The maximum Gasteiger partial charge on any atom is 0.243 e. The van der Waals surface area contributed by atoms with E-state index in [-0.39, 0.29) is 23.8 Å². The van der Waals surface area contributed by atoms with Gasteiger partial charge in [0.25, 0.3) is 0 Å². The molecule has 25 heavy (non-hydrogen) atoms. The molecule has 132 valence electrons. The van der Waals surface area contributed by atoms with Gasteiger partial charge < -0.3 is 5.32 Å². The van der Waals surface area contributed by atoms with Crippen LogP contribution in [0.15, 0.2) is 57.9 Å². The zero-order chi connectivity index (χ0) is 18.0. The molecular weight excluding hydrogens is 404 g/mol. The Labute approximate surface area is 156 Å². The lowest BCUT2D eigenvalue weighted by molar-refractivity contribution is -0.121. The number of nitrogens with zero attached hydrogens (tertiary/aromatic N) is 1. The molecule has 1 fully saturated rings. The smallest absolute Gasteiger partial charge is 0.243 e. The third kappa shape index (κ3) is 3.78. The van der Waals surface area contributed by atoms with Crippen LogP contribution < -0.4 is 5.32 Å². The Morgan fingerprint density at radius 2 is 1.88 bits per heavy atom. The lowest BCUT2D eigenvalue weighted by Crippen LogP contribution is -2.36. The van der Waals surface area contributed by atoms with Crippen molar-refractivity contribution in [2.45, 2.75) is 24.3 Å². The van der Waals surface area contributed by atoms with Gasteiger partial charge in [-0.05, 0) is 36.2 Å². The summed E-state index contributed by atoms with van der Waals surface area (Å²) >= 11 is 3.40. The molecule has 0 bridgehead atoms. The number of hydrogen-bond donors (Lipinski definition) is 1. The Hall–Kier alpha value is -1.70. The van der Waals surface area contributed by atoms with E-state index in [1.807, 2.05) is 37.3 Å². The molecule has 0 spiro atoms. The van der Waals surface area contributed by atoms with E-state index in [1.54, 1.807) is 18.2 Å². The van der Waals surface area contributed by atoms with E-state index in [0.717, 1.165) is 15.6 Å². The summed E-state index contributed by atoms with van der Waals surface area (Å²) in [6, 6.07) is 13.8. The molecule has 1 N–H and O–H groups in total. The fraction of sp³-hybridized carbons (Fsp3) is 0.278. The second-order valence-electron chi connectivity index (χ2n) is 6.01. The van der Waals surface area contributed by atoms with Crippen molar-refractivity contribution < 1.29 is 13.2 Å². The Bertz CT molecular complexity index is 884. The number of hydrogen-bond acceptors (Lipinski definition) is 3. The van der Waals surface area contributed by atoms with E-state index in [0.29, 0.717) is 6.54 Å². The van der Waals surface area contributed by atoms with Crippen molar-refractivity contribution in [2.24, 2.45) is 0 Å². The number of sulfonamides is 1. The van der Waals surface area contributed by atoms with Crippen molar-refractivity contribution in [3.63, 3.8) is 0 Å². The molecule has 1 amide bonds. The monoisotopic (exact) mass is 422 g/mol. The van der Waals surface area contributed by atoms with Gasteiger partial charge in [0.2, 0.25) is 15.9 Å². The topological polar surface area (TPSA) is 66.5 Å². The van der Waals surface area contributed by atoms with Crippen molar-refractivity contribution in [3.05, 3.63) is 64.1 Å². The average molecular weight is 423 g/mol. The number of halogens is 1. The van der Waals surface area contributed by atoms with Crippen molar-refractivity contribution in [1.29, 1.82) is 0 Å². The highest BCUT2D eigenvalue weighted by Crippen LogP contribution is 2.32. The van der Waals surface area contributed by atoms with Crippen molar-refractivity contribution in [1.82, 2.24) is 9.62 Å². The molecule has 2 aromatic carbocycles. The van der Waals surface area contributed by atoms with Gasteiger partial charge in [-0.15, -0.1) is 0 Å². The molecule has 2 aromatic rings. The third-order valence-corrected chi connectivity index (χ3v) is 7.09. The maximum absolute atomic E-state index is 13.3. The SMILES string of the molecule is Cc1cc(S(=O)(=O)N2CCNC(=O)C[C@H]2c2ccccc2)ccc1Br. The highest BCUT2D eigenvalue weighted by atomic mass is 79.9. The predicted molar refractivity (Wildman–Crippen MR) is 99.6 cm³/mol. The standard InChI is InChI=1S/C18H19BrN2O3S/c1-13-11-15(7-8-16(13)19)25(23,24)21-10-9-20-18(22)12-17(21)14-5-3-2-4-6-14/h2-8,11,17H,9-10,12H2,1H3,(H,20,22)/t17-/m0/s1. The van der Waals surface area contributed by atoms with E-state index in [4.69, 9.17) is 0 Å². The molecule has 1 saturated heterocycles. The van der Waals surface area contributed by atoms with Crippen LogP contribution in [0.2, 0.25) is 0 Å². The van der Waals surface area contributed by atoms with E-state index < -0.39 is 16.1 Å². The Morgan fingerprint density at radius 3 is 2.56 bits per heavy atom. The van der Waals surface area contributed by atoms with Crippen LogP contribution in [0.3, 0.4) is 0 Å². The van der Waals surface area contributed by atoms with Crippen LogP contribution in [0.4, 0.5) is 0 Å². The van der Waals surface area contributed by atoms with Crippen LogP contribution in [-0.2, 0) is 14.8 Å². The van der Waals surface area contributed by atoms with Gasteiger partial charge in [-0.25, -0.2) is 8.42 Å². The zero-order valence-electron chi connectivity index (χ0n) is 13.8. The fourth-order valence-corrected chi connectivity index (χ4v) is 4.92. The summed E-state index contributed by atoms with van der Waals surface area (Å²) in [5.41, 5.74) is 1.67. The van der Waals surface area contributed by atoms with Gasteiger partial charge in [0.05, 0.1) is 10.9 Å². The van der Waals surface area contributed by atoms with Gasteiger partial charge in [0.15, 0.2) is 0 Å². The summed E-state index contributed by atoms with van der Waals surface area (Å²) in [5, 5.41) is 2.77. The highest BCUT2D eigenvalue weighted by molar-refractivity contribution is 9.10. The summed E-state index contributed by atoms with van der Waals surface area (Å²) in [6.07, 6.45) is 0.110. The first-order valence-corrected chi connectivity index (χ1v) is 10.2. The minimum absolute atomic E-state index is 0.110. The number of carbonyl (C=O) groups excluding carboxylic acids is 1. The molecule has 5 nitrogen and oxygen atoms in total. The first-order chi connectivity index (χ1) is 11.9. The first kappa shape index (κ1) is 18.1. The molecular formula is C18H19BrN2O3S. The number of rotatable bonds is 3. The summed E-state index contributed by atoms with van der Waals surface area (Å²) in [4.78, 5) is 12.3. The summed E-state index contributed by atoms with van der Waals surface area (Å²) < 4.78 is 28.8. The molecule has 1 atom stereocenters. The second-order valence-corrected chi connectivity index (χ2v) is 8.75. The Balaban J connectivity index is 2.06. The molecule has 1 aliphatic heterocycles. The lowest BCUT2D eigenvalue weighted by Gasteiger charge is -2.28. The van der Waals surface area contributed by atoms with E-state index in [9.17, 15) is 13.2 Å². The molecule has 0 aliphatic carbocycles. The number of nitrogens with one attached hydrogen (secondary N) is 1. The van der Waals surface area contributed by atoms with Gasteiger partial charge in [-0.2, -0.15) is 4.31 Å². The Kier molecular flexibility index (Phi) is 5.27. The van der Waals surface area contributed by atoms with Crippen LogP contribution >= 0.6 is 15.9 Å². The van der Waals surface area contributed by atoms with Crippen molar-refractivity contribution in [2.75, 3.05) is 13.1 Å². The molecule has 1 aliphatic rings. The number of amides is 1. The predicted octanol–water partition coefficient (Wildman–Crippen LogP) is 3.01. The molecule has 1 heterocycles. The normalized spacial score (nSPS) is 19.3. The van der Waals surface area contributed by atoms with Crippen LogP contribution in [0, 0.1) is 6.92 Å². The highest BCUT2D eigenvalue weighted by Gasteiger charge is 2.35. The molecule has 3 rings (SSSR count). The summed E-state index contributed by atoms with van der Waals surface area (Å²) in [6.45, 7) is 2.39. The van der Waals surface area contributed by atoms with Gasteiger partial charge in [-0.1, -0.05) is 46.3 Å². The van der Waals surface area contributed by atoms with Crippen molar-refractivity contribution in [3.8, 4) is 0 Å². The number of aryl methyl sites for hydroxylation is 1. The van der Waals surface area contributed by atoms with E-state index in [2.05, 4.69) is 21.2 Å². The maximum atomic E-state index is 13.3. The molecule has 0 radical (unpaired) electrons. The molecule has 0 saturated carbocycles. The van der Waals surface area contributed by atoms with E-state index >= 15 is 0 Å². The zero-order valence-corrected chi connectivity index (χ0v) is 16.2. The van der Waals surface area contributed by atoms with Gasteiger partial charge >= 0.3 is 0 Å². The largest absolute Gasteiger partial charge is 0.355 e. The number of carbonyl (C=O) groups is 1. The van der Waals surface area contributed by atoms with Gasteiger partial charge in [-0.3, -0.25) is 4.79 Å². The van der Waals surface area contributed by atoms with Gasteiger partial charge in [0, 0.05) is 24.0 Å². The summed E-state index contributed by atoms with van der Waals surface area (Å²) in [5.74, 6) is -0.140. The second kappa shape index (κ2) is 7.27. The quantitative estimate of drug-likeness (QED) is 0.826. The summed E-state index contributed by atoms with van der Waals surface area (Å²) in [7, 11) is -3.73.